The summed E-state index contributed by atoms with van der Waals surface area (Å²) in [5.41, 5.74) is 39.2. The Morgan fingerprint density at radius 1 is 0.280 bits per heavy atom. The third-order valence-corrected chi connectivity index (χ3v) is 23.6. The predicted molar refractivity (Wildman–Crippen MR) is 462 cm³/mol. The average Bonchev–Trinajstić information content (AvgIpc) is 3.61. The van der Waals surface area contributed by atoms with Crippen LogP contribution in [0.5, 0.6) is 0 Å². The number of hydrogen-bond acceptors (Lipinski definition) is 0. The van der Waals surface area contributed by atoms with Crippen molar-refractivity contribution in [3.05, 3.63) is 83.5 Å². The summed E-state index contributed by atoms with van der Waals surface area (Å²) in [6, 6.07) is 0. The molecule has 380 valence electrons. The zero-order valence-corrected chi connectivity index (χ0v) is 59.2. The molecule has 0 unspecified atom stereocenters. The van der Waals surface area contributed by atoms with Gasteiger partial charge in [-0.1, -0.05) is 27.3 Å². The van der Waals surface area contributed by atoms with E-state index in [0.717, 1.165) is 21.3 Å². The van der Waals surface area contributed by atoms with Gasteiger partial charge in [-0.05, 0) is 253 Å². The minimum Gasteiger partial charge on any atom is -0.113 e. The fourth-order valence-corrected chi connectivity index (χ4v) is 17.5. The topological polar surface area (TPSA) is 0 Å². The van der Waals surface area contributed by atoms with Crippen LogP contribution in [0.4, 0.5) is 0 Å². The van der Waals surface area contributed by atoms with Crippen LogP contribution in [0, 0.1) is 104 Å². The maximum absolute atomic E-state index is 2.65. The Kier molecular flexibility index (Phi) is 20.9. The highest BCUT2D eigenvalue weighted by Crippen LogP contribution is 2.53. The van der Waals surface area contributed by atoms with Crippen LogP contribution in [0.2, 0.25) is 0 Å². The van der Waals surface area contributed by atoms with E-state index in [1.54, 1.807) is 54.6 Å². The molecule has 0 atom stereocenters. The predicted octanol–water partition coefficient (Wildman–Crippen LogP) is -14.8. The van der Waals surface area contributed by atoms with E-state index >= 15 is 0 Å². The van der Waals surface area contributed by atoms with E-state index in [9.17, 15) is 0 Å². The van der Waals surface area contributed by atoms with Gasteiger partial charge in [-0.3, -0.25) is 0 Å². The molecular formula is C49H85B33. The Morgan fingerprint density at radius 2 is 0.659 bits per heavy atom. The van der Waals surface area contributed by atoms with Crippen molar-refractivity contribution in [2.75, 3.05) is 0 Å². The van der Waals surface area contributed by atoms with Crippen molar-refractivity contribution >= 4 is 320 Å². The van der Waals surface area contributed by atoms with Gasteiger partial charge in [-0.25, -0.2) is 0 Å². The first-order chi connectivity index (χ1) is 38.2. The van der Waals surface area contributed by atoms with Crippen molar-refractivity contribution in [1.82, 2.24) is 0 Å². The monoisotopic (exact) mass is 1040 g/mol. The van der Waals surface area contributed by atoms with Crippen molar-refractivity contribution in [2.24, 2.45) is 0 Å². The molecule has 0 saturated heterocycles. The van der Waals surface area contributed by atoms with E-state index in [4.69, 9.17) is 0 Å². The van der Waals surface area contributed by atoms with Gasteiger partial charge in [0.25, 0.3) is 0 Å². The zero-order valence-electron chi connectivity index (χ0n) is 59.2. The molecule has 0 saturated carbocycles. The molecule has 7 aromatic rings. The van der Waals surface area contributed by atoms with Gasteiger partial charge in [-0.2, -0.15) is 0 Å². The lowest BCUT2D eigenvalue weighted by Crippen LogP contribution is -2.80. The Balaban J connectivity index is 2.06. The number of fused-ring (bicyclic) bond motifs is 4. The molecule has 0 heterocycles. The SMILES string of the molecule is BBB(B)B(B(B)B)c1c(B(B(B)B)B(B)B)c(B(BB)B(B)B)c(B(B)B(B)B)c2c(B(B)BB)c(-c3c4c(C)c(C)c(C)c(C)c4c(-c4c(C)c(C)c5c(C)c(C)c(C)c(C)c5c4C)c4c(C)c(C)c(C)c(C)c34)c(BB)c(B)c12. The van der Waals surface area contributed by atoms with E-state index < -0.39 is 0 Å². The molecular weight excluding hydrogens is 945 g/mol. The molecule has 0 N–H and O–H groups in total. The molecule has 7 rings (SSSR count). The summed E-state index contributed by atoms with van der Waals surface area (Å²) in [4.78, 5) is 0. The first-order valence-corrected chi connectivity index (χ1v) is 33.4. The molecule has 7 aromatic carbocycles. The molecule has 0 aliphatic heterocycles. The maximum Gasteiger partial charge on any atom is 0.139 e. The highest BCUT2D eigenvalue weighted by molar-refractivity contribution is 7.89. The first kappa shape index (κ1) is 67.2. The van der Waals surface area contributed by atoms with Crippen LogP contribution in [0.15, 0.2) is 0 Å². The Bertz CT molecular complexity index is 3650. The molecule has 0 aromatic heterocycles. The van der Waals surface area contributed by atoms with Gasteiger partial charge in [0.15, 0.2) is 0 Å². The summed E-state index contributed by atoms with van der Waals surface area (Å²) in [6.45, 7) is 38.6. The van der Waals surface area contributed by atoms with Gasteiger partial charge >= 0.3 is 0 Å². The second-order valence-electron chi connectivity index (χ2n) is 29.2. The van der Waals surface area contributed by atoms with Gasteiger partial charge in [0.2, 0.25) is 0 Å². The second kappa shape index (κ2) is 25.4. The second-order valence-corrected chi connectivity index (χ2v) is 29.2. The summed E-state index contributed by atoms with van der Waals surface area (Å²) < 4.78 is 0. The van der Waals surface area contributed by atoms with Gasteiger partial charge < -0.3 is 0 Å². The summed E-state index contributed by atoms with van der Waals surface area (Å²) in [5.74, 6) is 0. The molecule has 0 amide bonds. The standard InChI is InChI=1S/C49H85B33/c1-16-17(2)23(8)32-30(15)33(29(14)28(13)31(32)22(16)7)38-34-24(9)18(3)20(5)26(11)36(34)39(37-27(12)21(6)19(4)25(10)35(37)38)41-44(68-51)43(50)40-42(45(41)72(55)69-52)46(73(56)77(57)58)48(74(70-53)78(59)60)49(75(79(61)62)80(63)64)47(40)76(81(65)66)82(67)71-54/h68-71H,50-67H2,1-15H3. The Morgan fingerprint density at radius 3 is 1.00 bits per heavy atom. The highest BCUT2D eigenvalue weighted by atomic mass is 14.3. The fourth-order valence-electron chi connectivity index (χ4n) is 17.5. The molecule has 33 heteroatoms. The van der Waals surface area contributed by atoms with Crippen LogP contribution in [0.25, 0.3) is 65.3 Å². The summed E-state index contributed by atoms with van der Waals surface area (Å²) in [5, 5.41) is 12.1. The zero-order chi connectivity index (χ0) is 61.8. The third kappa shape index (κ3) is 10.4. The van der Waals surface area contributed by atoms with Crippen LogP contribution in [0.3, 0.4) is 0 Å². The molecule has 0 spiro atoms. The fraction of sp³-hybridized carbons (Fsp3) is 0.306. The van der Waals surface area contributed by atoms with E-state index in [1.807, 2.05) is 0 Å². The first-order valence-electron chi connectivity index (χ1n) is 33.4. The molecule has 82 heavy (non-hydrogen) atoms. The third-order valence-electron chi connectivity index (χ3n) is 23.6. The van der Waals surface area contributed by atoms with Gasteiger partial charge in [0.1, 0.15) is 15.0 Å². The van der Waals surface area contributed by atoms with Crippen LogP contribution in [-0.2, 0) is 0 Å². The van der Waals surface area contributed by atoms with Crippen molar-refractivity contribution in [1.29, 1.82) is 0 Å². The summed E-state index contributed by atoms with van der Waals surface area (Å²) in [6.07, 6.45) is 2.96. The quantitative estimate of drug-likeness (QED) is 0.0630. The number of benzene rings is 7. The van der Waals surface area contributed by atoms with E-state index in [1.165, 1.54) is 140 Å². The lowest BCUT2D eigenvalue weighted by Gasteiger charge is -2.42. The largest absolute Gasteiger partial charge is 0.139 e. The van der Waals surface area contributed by atoms with E-state index in [2.05, 4.69) is 243 Å². The van der Waals surface area contributed by atoms with Crippen LogP contribution < -0.4 is 38.2 Å². The number of aryl methyl sites for hydroxylation is 8. The normalized spacial score (nSPS) is 11.3. The maximum atomic E-state index is 2.65. The highest BCUT2D eigenvalue weighted by Gasteiger charge is 2.44. The average molecular weight is 1030 g/mol. The van der Waals surface area contributed by atoms with Gasteiger partial charge in [-0.15, -0.1) is 10.9 Å². The van der Waals surface area contributed by atoms with Crippen LogP contribution >= 0.6 is 0 Å². The lowest BCUT2D eigenvalue weighted by atomic mass is 8.66. The van der Waals surface area contributed by atoms with Crippen molar-refractivity contribution in [2.45, 2.75) is 104 Å². The van der Waals surface area contributed by atoms with Gasteiger partial charge in [0.05, 0.1) is 178 Å². The molecule has 0 aliphatic rings. The Labute approximate surface area is 525 Å². The number of rotatable bonds is 17. The molecule has 0 nitrogen and oxygen atoms in total. The van der Waals surface area contributed by atoms with E-state index in [0.29, 0.717) is 70.8 Å². The molecule has 0 fully saturated rings. The summed E-state index contributed by atoms with van der Waals surface area (Å²) in [7, 11) is 50.5. The molecule has 0 radical (unpaired) electrons. The minimum absolute atomic E-state index is 0.301. The molecule has 0 bridgehead atoms. The van der Waals surface area contributed by atoms with E-state index in [-0.39, 0.29) is 0 Å². The minimum atomic E-state index is 0.301. The van der Waals surface area contributed by atoms with Crippen LogP contribution in [0.1, 0.15) is 83.5 Å². The number of hydrogen-bond donors (Lipinski definition) is 0. The summed E-state index contributed by atoms with van der Waals surface area (Å²) >= 11 is 0. The van der Waals surface area contributed by atoms with Crippen molar-refractivity contribution in [3.63, 3.8) is 0 Å². The smallest absolute Gasteiger partial charge is 0.113 e. The lowest BCUT2D eigenvalue weighted by molar-refractivity contribution is 1.22. The van der Waals surface area contributed by atoms with Crippen molar-refractivity contribution in [3.8, 4) is 22.3 Å². The van der Waals surface area contributed by atoms with Crippen LogP contribution in [-0.4, -0.2) is 239 Å². The van der Waals surface area contributed by atoms with Crippen molar-refractivity contribution < 1.29 is 0 Å². The Hall–Kier alpha value is -2.28. The molecule has 0 aliphatic carbocycles. The van der Waals surface area contributed by atoms with Gasteiger partial charge in [0, 0.05) is 45.4 Å².